The van der Waals surface area contributed by atoms with Crippen LogP contribution in [0.25, 0.3) is 0 Å². The molecule has 0 bridgehead atoms. The van der Waals surface area contributed by atoms with Crippen LogP contribution in [0.5, 0.6) is 0 Å². The van der Waals surface area contributed by atoms with Crippen LogP contribution >= 0.6 is 0 Å². The van der Waals surface area contributed by atoms with Crippen molar-refractivity contribution in [2.75, 3.05) is 43.1 Å². The molecule has 3 amide bonds. The first-order chi connectivity index (χ1) is 13.3. The van der Waals surface area contributed by atoms with E-state index in [9.17, 15) is 14.4 Å². The molecule has 28 heavy (non-hydrogen) atoms. The Kier molecular flexibility index (Phi) is 6.03. The van der Waals surface area contributed by atoms with Crippen LogP contribution in [-0.4, -0.2) is 55.5 Å². The lowest BCUT2D eigenvalue weighted by molar-refractivity contribution is -0.144. The van der Waals surface area contributed by atoms with Crippen molar-refractivity contribution in [3.05, 3.63) is 24.3 Å². The van der Waals surface area contributed by atoms with Crippen LogP contribution in [0, 0.1) is 11.3 Å². The van der Waals surface area contributed by atoms with Crippen molar-refractivity contribution in [2.45, 2.75) is 33.6 Å². The zero-order valence-electron chi connectivity index (χ0n) is 16.9. The highest BCUT2D eigenvalue weighted by Gasteiger charge is 2.48. The summed E-state index contributed by atoms with van der Waals surface area (Å²) in [6, 6.07) is 7.57. The molecule has 0 spiro atoms. The number of carbonyl (C=O) groups is 3. The van der Waals surface area contributed by atoms with Crippen molar-refractivity contribution in [3.63, 3.8) is 0 Å². The van der Waals surface area contributed by atoms with Gasteiger partial charge in [-0.1, -0.05) is 20.8 Å². The van der Waals surface area contributed by atoms with Gasteiger partial charge in [0.15, 0.2) is 0 Å². The number of morpholine rings is 1. The van der Waals surface area contributed by atoms with E-state index in [-0.39, 0.29) is 30.7 Å². The first kappa shape index (κ1) is 20.3. The second-order valence-electron chi connectivity index (χ2n) is 8.31. The topological polar surface area (TPSA) is 79.0 Å². The van der Waals surface area contributed by atoms with Crippen molar-refractivity contribution in [1.82, 2.24) is 4.90 Å². The predicted octanol–water partition coefficient (Wildman–Crippen LogP) is 2.27. The van der Waals surface area contributed by atoms with E-state index in [4.69, 9.17) is 4.74 Å². The van der Waals surface area contributed by atoms with Gasteiger partial charge in [-0.2, -0.15) is 0 Å². The summed E-state index contributed by atoms with van der Waals surface area (Å²) in [6.45, 7) is 8.75. The fourth-order valence-corrected chi connectivity index (χ4v) is 4.09. The van der Waals surface area contributed by atoms with Crippen LogP contribution in [0.2, 0.25) is 0 Å². The molecule has 2 heterocycles. The molecule has 3 rings (SSSR count). The highest BCUT2D eigenvalue weighted by Crippen LogP contribution is 2.38. The lowest BCUT2D eigenvalue weighted by atomic mass is 9.80. The number of hydrogen-bond donors (Lipinski definition) is 1. The molecule has 1 aromatic carbocycles. The minimum absolute atomic E-state index is 0.172. The first-order valence-electron chi connectivity index (χ1n) is 9.86. The van der Waals surface area contributed by atoms with Crippen LogP contribution in [0.1, 0.15) is 33.6 Å². The van der Waals surface area contributed by atoms with Crippen molar-refractivity contribution >= 4 is 29.1 Å². The van der Waals surface area contributed by atoms with Crippen LogP contribution in [0.4, 0.5) is 11.4 Å². The fraction of sp³-hybridized carbons (Fsp3) is 0.571. The summed E-state index contributed by atoms with van der Waals surface area (Å²) in [7, 11) is 0. The van der Waals surface area contributed by atoms with Crippen molar-refractivity contribution in [3.8, 4) is 0 Å². The van der Waals surface area contributed by atoms with E-state index in [1.54, 1.807) is 0 Å². The van der Waals surface area contributed by atoms with Gasteiger partial charge in [0.05, 0.1) is 18.6 Å². The number of ether oxygens (including phenoxy) is 1. The van der Waals surface area contributed by atoms with Gasteiger partial charge in [-0.15, -0.1) is 0 Å². The van der Waals surface area contributed by atoms with Gasteiger partial charge in [-0.05, 0) is 36.6 Å². The first-order valence-corrected chi connectivity index (χ1v) is 9.86. The van der Waals surface area contributed by atoms with Gasteiger partial charge in [0.25, 0.3) is 0 Å². The van der Waals surface area contributed by atoms with E-state index in [1.807, 2.05) is 45.0 Å². The molecule has 0 saturated carbocycles. The molecular formula is C21H29N3O4. The number of imide groups is 1. The number of likely N-dealkylation sites (tertiary alicyclic amines) is 1. The third kappa shape index (κ3) is 4.52. The molecule has 0 radical (unpaired) electrons. The fourth-order valence-electron chi connectivity index (χ4n) is 4.09. The zero-order valence-corrected chi connectivity index (χ0v) is 16.9. The number of nitrogens with one attached hydrogen (secondary N) is 1. The molecule has 0 aromatic heterocycles. The molecule has 2 fully saturated rings. The molecule has 2 saturated heterocycles. The summed E-state index contributed by atoms with van der Waals surface area (Å²) in [5, 5.41) is 2.78. The standard InChI is InChI=1S/C21H29N3O4/c1-15(2)12-21(3)13-19(26)24(20(21)27)14-18(25)22-16-4-6-17(7-5-16)23-8-10-28-11-9-23/h4-7,15H,8-14H2,1-3H3,(H,22,25)/t21-/m1/s1. The molecule has 0 aliphatic carbocycles. The van der Waals surface area contributed by atoms with Crippen molar-refractivity contribution in [1.29, 1.82) is 0 Å². The highest BCUT2D eigenvalue weighted by atomic mass is 16.5. The van der Waals surface area contributed by atoms with Gasteiger partial charge in [0, 0.05) is 30.9 Å². The Bertz CT molecular complexity index is 741. The molecule has 7 heteroatoms. The number of amides is 3. The van der Waals surface area contributed by atoms with E-state index in [1.165, 1.54) is 0 Å². The van der Waals surface area contributed by atoms with E-state index in [0.717, 1.165) is 23.7 Å². The van der Waals surface area contributed by atoms with Crippen LogP contribution in [0.3, 0.4) is 0 Å². The molecule has 152 valence electrons. The summed E-state index contributed by atoms with van der Waals surface area (Å²) in [4.78, 5) is 40.7. The Balaban J connectivity index is 1.58. The Hall–Kier alpha value is -2.41. The summed E-state index contributed by atoms with van der Waals surface area (Å²) < 4.78 is 5.36. The number of benzene rings is 1. The summed E-state index contributed by atoms with van der Waals surface area (Å²) >= 11 is 0. The molecule has 1 atom stereocenters. The Morgan fingerprint density at radius 3 is 2.43 bits per heavy atom. The van der Waals surface area contributed by atoms with E-state index in [0.29, 0.717) is 31.2 Å². The number of carbonyl (C=O) groups excluding carboxylic acids is 3. The Morgan fingerprint density at radius 1 is 1.18 bits per heavy atom. The second kappa shape index (κ2) is 8.31. The maximum atomic E-state index is 12.7. The van der Waals surface area contributed by atoms with Gasteiger partial charge < -0.3 is 15.0 Å². The molecule has 2 aliphatic heterocycles. The van der Waals surface area contributed by atoms with Crippen LogP contribution in [-0.2, 0) is 19.1 Å². The van der Waals surface area contributed by atoms with Crippen LogP contribution in [0.15, 0.2) is 24.3 Å². The number of anilines is 2. The number of nitrogens with zero attached hydrogens (tertiary/aromatic N) is 2. The minimum Gasteiger partial charge on any atom is -0.378 e. The zero-order chi connectivity index (χ0) is 20.3. The largest absolute Gasteiger partial charge is 0.378 e. The van der Waals surface area contributed by atoms with Gasteiger partial charge in [0.1, 0.15) is 6.54 Å². The van der Waals surface area contributed by atoms with E-state index < -0.39 is 5.41 Å². The molecular weight excluding hydrogens is 358 g/mol. The average molecular weight is 387 g/mol. The SMILES string of the molecule is CC(C)C[C@]1(C)CC(=O)N(CC(=O)Nc2ccc(N3CCOCC3)cc2)C1=O. The van der Waals surface area contributed by atoms with Crippen molar-refractivity contribution in [2.24, 2.45) is 11.3 Å². The number of hydrogen-bond acceptors (Lipinski definition) is 5. The molecule has 0 unspecified atom stereocenters. The Morgan fingerprint density at radius 2 is 1.82 bits per heavy atom. The predicted molar refractivity (Wildman–Crippen MR) is 107 cm³/mol. The molecule has 7 nitrogen and oxygen atoms in total. The lowest BCUT2D eigenvalue weighted by Gasteiger charge is -2.28. The summed E-state index contributed by atoms with van der Waals surface area (Å²) in [5.74, 6) is -0.579. The summed E-state index contributed by atoms with van der Waals surface area (Å²) in [5.41, 5.74) is 1.02. The Labute approximate surface area is 166 Å². The average Bonchev–Trinajstić information content (AvgIpc) is 2.85. The molecule has 1 aromatic rings. The minimum atomic E-state index is -0.703. The third-order valence-electron chi connectivity index (χ3n) is 5.29. The van der Waals surface area contributed by atoms with E-state index >= 15 is 0 Å². The van der Waals surface area contributed by atoms with E-state index in [2.05, 4.69) is 10.2 Å². The normalized spacial score (nSPS) is 22.9. The van der Waals surface area contributed by atoms with Crippen LogP contribution < -0.4 is 10.2 Å². The third-order valence-corrected chi connectivity index (χ3v) is 5.29. The molecule has 2 aliphatic rings. The van der Waals surface area contributed by atoms with Crippen molar-refractivity contribution < 1.29 is 19.1 Å². The maximum absolute atomic E-state index is 12.7. The lowest BCUT2D eigenvalue weighted by Crippen LogP contribution is -2.40. The summed E-state index contributed by atoms with van der Waals surface area (Å²) in [6.07, 6.45) is 0.810. The number of rotatable bonds is 6. The maximum Gasteiger partial charge on any atom is 0.244 e. The monoisotopic (exact) mass is 387 g/mol. The highest BCUT2D eigenvalue weighted by molar-refractivity contribution is 6.09. The smallest absolute Gasteiger partial charge is 0.244 e. The molecule has 1 N–H and O–H groups in total. The second-order valence-corrected chi connectivity index (χ2v) is 8.31. The van der Waals surface area contributed by atoms with Gasteiger partial charge in [-0.25, -0.2) is 0 Å². The van der Waals surface area contributed by atoms with Gasteiger partial charge in [-0.3, -0.25) is 19.3 Å². The van der Waals surface area contributed by atoms with Gasteiger partial charge >= 0.3 is 0 Å². The quantitative estimate of drug-likeness (QED) is 0.758. The van der Waals surface area contributed by atoms with Gasteiger partial charge in [0.2, 0.25) is 17.7 Å².